The second-order valence-corrected chi connectivity index (χ2v) is 9.71. The van der Waals surface area contributed by atoms with Crippen LogP contribution >= 0.6 is 0 Å². The minimum Gasteiger partial charge on any atom is -0.387 e. The van der Waals surface area contributed by atoms with E-state index in [-0.39, 0.29) is 16.5 Å². The van der Waals surface area contributed by atoms with Crippen LogP contribution in [0.15, 0.2) is 9.98 Å². The number of nitrogens with zero attached hydrogens (tertiary/aromatic N) is 2. The number of hydrogen-bond donors (Lipinski definition) is 1. The third-order valence-corrected chi connectivity index (χ3v) is 6.35. The van der Waals surface area contributed by atoms with Gasteiger partial charge in [0.15, 0.2) is 5.60 Å². The zero-order chi connectivity index (χ0) is 16.4. The standard InChI is InChI=1S/C18H28N2O2/c1-11-17-15(6,9-13(2,3)19-11)8-12-18(17,22-17)16(7,21)10-14(4,5)20-12/h21H,8-10H2,1-7H3. The highest BCUT2D eigenvalue weighted by Gasteiger charge is 2.91. The molecule has 122 valence electrons. The summed E-state index contributed by atoms with van der Waals surface area (Å²) in [7, 11) is 0. The molecule has 2 fully saturated rings. The largest absolute Gasteiger partial charge is 0.387 e. The van der Waals surface area contributed by atoms with Crippen molar-refractivity contribution in [2.24, 2.45) is 15.4 Å². The van der Waals surface area contributed by atoms with Crippen LogP contribution in [0, 0.1) is 5.41 Å². The molecular formula is C18H28N2O2. The summed E-state index contributed by atoms with van der Waals surface area (Å²) in [6.45, 7) is 14.9. The highest BCUT2D eigenvalue weighted by atomic mass is 16.7. The summed E-state index contributed by atoms with van der Waals surface area (Å²) in [5, 5.41) is 11.3. The Kier molecular flexibility index (Phi) is 2.27. The van der Waals surface area contributed by atoms with E-state index in [2.05, 4.69) is 41.5 Å². The third-order valence-electron chi connectivity index (χ3n) is 6.35. The molecule has 0 bridgehead atoms. The molecule has 4 nitrogen and oxygen atoms in total. The Labute approximate surface area is 133 Å². The molecule has 2 spiro atoms. The maximum atomic E-state index is 11.3. The van der Waals surface area contributed by atoms with Crippen molar-refractivity contribution in [3.8, 4) is 0 Å². The van der Waals surface area contributed by atoms with E-state index in [0.29, 0.717) is 6.42 Å². The first-order chi connectivity index (χ1) is 9.81. The van der Waals surface area contributed by atoms with E-state index in [4.69, 9.17) is 14.7 Å². The van der Waals surface area contributed by atoms with E-state index in [1.165, 1.54) is 0 Å². The Morgan fingerprint density at radius 3 is 2.14 bits per heavy atom. The van der Waals surface area contributed by atoms with Gasteiger partial charge in [0, 0.05) is 17.5 Å². The van der Waals surface area contributed by atoms with Gasteiger partial charge in [-0.05, 0) is 54.4 Å². The molecule has 1 N–H and O–H groups in total. The Hall–Kier alpha value is -0.740. The van der Waals surface area contributed by atoms with Crippen molar-refractivity contribution < 1.29 is 9.84 Å². The quantitative estimate of drug-likeness (QED) is 0.700. The fourth-order valence-corrected chi connectivity index (χ4v) is 6.40. The maximum absolute atomic E-state index is 11.3. The van der Waals surface area contributed by atoms with Gasteiger partial charge in [-0.3, -0.25) is 9.98 Å². The molecule has 4 rings (SSSR count). The maximum Gasteiger partial charge on any atom is 0.170 e. The van der Waals surface area contributed by atoms with Gasteiger partial charge >= 0.3 is 0 Å². The van der Waals surface area contributed by atoms with Gasteiger partial charge in [-0.15, -0.1) is 0 Å². The molecule has 4 unspecified atom stereocenters. The number of epoxide rings is 1. The minimum atomic E-state index is -0.899. The van der Waals surface area contributed by atoms with Gasteiger partial charge in [0.05, 0.1) is 16.8 Å². The van der Waals surface area contributed by atoms with Crippen LogP contribution in [-0.4, -0.2) is 44.4 Å². The highest BCUT2D eigenvalue weighted by Crippen LogP contribution is 2.75. The summed E-state index contributed by atoms with van der Waals surface area (Å²) in [4.78, 5) is 9.94. The summed E-state index contributed by atoms with van der Waals surface area (Å²) >= 11 is 0. The predicted molar refractivity (Wildman–Crippen MR) is 87.8 cm³/mol. The summed E-state index contributed by atoms with van der Waals surface area (Å²) in [6.07, 6.45) is 2.50. The fraction of sp³-hybridized carbons (Fsp3) is 0.889. The van der Waals surface area contributed by atoms with Crippen LogP contribution in [0.1, 0.15) is 67.7 Å². The number of aliphatic imine (C=N–C) groups is 2. The zero-order valence-electron chi connectivity index (χ0n) is 14.9. The number of aliphatic hydroxyl groups is 1. The predicted octanol–water partition coefficient (Wildman–Crippen LogP) is 2.92. The average Bonchev–Trinajstić information content (AvgIpc) is 2.88. The molecule has 3 heterocycles. The smallest absolute Gasteiger partial charge is 0.170 e. The van der Waals surface area contributed by atoms with Crippen molar-refractivity contribution in [2.75, 3.05) is 0 Å². The van der Waals surface area contributed by atoms with Crippen LogP contribution in [0.3, 0.4) is 0 Å². The van der Waals surface area contributed by atoms with E-state index in [1.54, 1.807) is 0 Å². The molecule has 0 aromatic heterocycles. The number of ether oxygens (including phenoxy) is 1. The molecule has 1 aliphatic carbocycles. The number of rotatable bonds is 0. The normalized spacial score (nSPS) is 53.8. The molecule has 0 aromatic carbocycles. The van der Waals surface area contributed by atoms with E-state index in [1.807, 2.05) is 6.92 Å². The molecule has 0 amide bonds. The van der Waals surface area contributed by atoms with Crippen molar-refractivity contribution >= 4 is 11.4 Å². The van der Waals surface area contributed by atoms with E-state index in [9.17, 15) is 5.11 Å². The summed E-state index contributed by atoms with van der Waals surface area (Å²) in [6, 6.07) is 0. The van der Waals surface area contributed by atoms with Gasteiger partial charge in [0.25, 0.3) is 0 Å². The van der Waals surface area contributed by atoms with E-state index in [0.717, 1.165) is 24.3 Å². The van der Waals surface area contributed by atoms with Crippen molar-refractivity contribution in [2.45, 2.75) is 95.6 Å². The van der Waals surface area contributed by atoms with Crippen LogP contribution in [-0.2, 0) is 4.74 Å². The SMILES string of the molecule is CC1=NC(C)(C)CC2(C)CC3=NC(C)(C)CC(C)(O)C34OC124. The fourth-order valence-electron chi connectivity index (χ4n) is 6.40. The monoisotopic (exact) mass is 304 g/mol. The van der Waals surface area contributed by atoms with Gasteiger partial charge in [0.2, 0.25) is 0 Å². The molecule has 0 aromatic rings. The molecule has 0 radical (unpaired) electrons. The summed E-state index contributed by atoms with van der Waals surface area (Å²) in [5.74, 6) is 0. The Morgan fingerprint density at radius 1 is 0.909 bits per heavy atom. The first kappa shape index (κ1) is 14.8. The Bertz CT molecular complexity index is 643. The lowest BCUT2D eigenvalue weighted by Gasteiger charge is -2.43. The third kappa shape index (κ3) is 1.34. The lowest BCUT2D eigenvalue weighted by Crippen LogP contribution is -2.59. The van der Waals surface area contributed by atoms with Gasteiger partial charge in [-0.25, -0.2) is 0 Å². The van der Waals surface area contributed by atoms with E-state index >= 15 is 0 Å². The molecule has 4 atom stereocenters. The van der Waals surface area contributed by atoms with Gasteiger partial charge in [0.1, 0.15) is 11.2 Å². The van der Waals surface area contributed by atoms with Gasteiger partial charge in [-0.1, -0.05) is 6.92 Å². The molecule has 22 heavy (non-hydrogen) atoms. The molecular weight excluding hydrogens is 276 g/mol. The second kappa shape index (κ2) is 3.36. The summed E-state index contributed by atoms with van der Waals surface area (Å²) < 4.78 is 6.44. The van der Waals surface area contributed by atoms with Crippen LogP contribution in [0.5, 0.6) is 0 Å². The molecule has 4 aliphatic rings. The van der Waals surface area contributed by atoms with Crippen LogP contribution < -0.4 is 0 Å². The summed E-state index contributed by atoms with van der Waals surface area (Å²) in [5.41, 5.74) is -0.244. The second-order valence-electron chi connectivity index (χ2n) is 9.71. The first-order valence-electron chi connectivity index (χ1n) is 8.40. The molecule has 1 saturated heterocycles. The topological polar surface area (TPSA) is 57.5 Å². The van der Waals surface area contributed by atoms with Crippen LogP contribution in [0.4, 0.5) is 0 Å². The number of hydrogen-bond acceptors (Lipinski definition) is 4. The van der Waals surface area contributed by atoms with Crippen molar-refractivity contribution in [1.82, 2.24) is 0 Å². The zero-order valence-corrected chi connectivity index (χ0v) is 14.9. The highest BCUT2D eigenvalue weighted by molar-refractivity contribution is 6.14. The van der Waals surface area contributed by atoms with Crippen LogP contribution in [0.2, 0.25) is 0 Å². The Balaban J connectivity index is 1.96. The van der Waals surface area contributed by atoms with Gasteiger partial charge in [-0.2, -0.15) is 0 Å². The molecule has 4 heteroatoms. The van der Waals surface area contributed by atoms with Crippen LogP contribution in [0.25, 0.3) is 0 Å². The average molecular weight is 304 g/mol. The first-order valence-corrected chi connectivity index (χ1v) is 8.40. The molecule has 1 saturated carbocycles. The molecule has 3 aliphatic heterocycles. The van der Waals surface area contributed by atoms with Crippen molar-refractivity contribution in [3.05, 3.63) is 0 Å². The lowest BCUT2D eigenvalue weighted by atomic mass is 9.62. The van der Waals surface area contributed by atoms with E-state index < -0.39 is 16.8 Å². The Morgan fingerprint density at radius 2 is 1.50 bits per heavy atom. The lowest BCUT2D eigenvalue weighted by molar-refractivity contribution is -0.0230. The minimum absolute atomic E-state index is 0.0361. The van der Waals surface area contributed by atoms with Gasteiger partial charge < -0.3 is 9.84 Å². The van der Waals surface area contributed by atoms with Crippen molar-refractivity contribution in [3.63, 3.8) is 0 Å². The van der Waals surface area contributed by atoms with Crippen molar-refractivity contribution in [1.29, 1.82) is 0 Å².